The van der Waals surface area contributed by atoms with Gasteiger partial charge in [-0.1, -0.05) is 18.5 Å². The molecule has 0 aliphatic rings. The van der Waals surface area contributed by atoms with Gasteiger partial charge in [0.1, 0.15) is 5.75 Å². The van der Waals surface area contributed by atoms with Gasteiger partial charge in [0.15, 0.2) is 0 Å². The number of hydrogen-bond acceptors (Lipinski definition) is 2. The van der Waals surface area contributed by atoms with E-state index in [2.05, 4.69) is 0 Å². The standard InChI is InChI=1S/C10H10Cl2O2/c1-3-6-4-7(10(12)13)9(14-2)8(11)5-6/h4-5H,3H2,1-2H3. The minimum atomic E-state index is -0.556. The fraction of sp³-hybridized carbons (Fsp3) is 0.300. The molecule has 1 aromatic rings. The van der Waals surface area contributed by atoms with E-state index in [0.717, 1.165) is 12.0 Å². The monoisotopic (exact) mass is 232 g/mol. The number of methoxy groups -OCH3 is 1. The van der Waals surface area contributed by atoms with Crippen LogP contribution in [0.2, 0.25) is 5.02 Å². The molecule has 0 radical (unpaired) electrons. The lowest BCUT2D eigenvalue weighted by atomic mass is 10.1. The van der Waals surface area contributed by atoms with Crippen LogP contribution in [0, 0.1) is 0 Å². The van der Waals surface area contributed by atoms with Crippen LogP contribution < -0.4 is 4.74 Å². The maximum absolute atomic E-state index is 11.1. The molecule has 76 valence electrons. The molecule has 0 aromatic heterocycles. The van der Waals surface area contributed by atoms with Crippen LogP contribution in [-0.4, -0.2) is 12.4 Å². The molecule has 0 N–H and O–H groups in total. The van der Waals surface area contributed by atoms with Gasteiger partial charge in [-0.25, -0.2) is 0 Å². The molecule has 2 nitrogen and oxygen atoms in total. The number of carbonyl (C=O) groups excluding carboxylic acids is 1. The van der Waals surface area contributed by atoms with Crippen LogP contribution in [0.25, 0.3) is 0 Å². The average Bonchev–Trinajstić information content (AvgIpc) is 2.16. The van der Waals surface area contributed by atoms with Gasteiger partial charge < -0.3 is 4.74 Å². The van der Waals surface area contributed by atoms with Crippen molar-refractivity contribution in [2.75, 3.05) is 7.11 Å². The molecular weight excluding hydrogens is 223 g/mol. The minimum absolute atomic E-state index is 0.318. The number of ether oxygens (including phenoxy) is 1. The Hall–Kier alpha value is -0.730. The van der Waals surface area contributed by atoms with Crippen molar-refractivity contribution in [1.29, 1.82) is 0 Å². The molecule has 0 aliphatic heterocycles. The summed E-state index contributed by atoms with van der Waals surface area (Å²) >= 11 is 11.3. The molecule has 0 fully saturated rings. The molecule has 0 unspecified atom stereocenters. The van der Waals surface area contributed by atoms with Crippen LogP contribution in [0.3, 0.4) is 0 Å². The van der Waals surface area contributed by atoms with Crippen molar-refractivity contribution in [2.24, 2.45) is 0 Å². The van der Waals surface area contributed by atoms with Gasteiger partial charge in [-0.05, 0) is 35.7 Å². The summed E-state index contributed by atoms with van der Waals surface area (Å²) in [6.45, 7) is 1.97. The predicted molar refractivity (Wildman–Crippen MR) is 57.6 cm³/mol. The first-order valence-electron chi connectivity index (χ1n) is 4.16. The van der Waals surface area contributed by atoms with E-state index in [1.165, 1.54) is 7.11 Å². The second kappa shape index (κ2) is 4.67. The van der Waals surface area contributed by atoms with Crippen molar-refractivity contribution in [1.82, 2.24) is 0 Å². The van der Waals surface area contributed by atoms with Crippen molar-refractivity contribution < 1.29 is 9.53 Å². The highest BCUT2D eigenvalue weighted by atomic mass is 35.5. The van der Waals surface area contributed by atoms with Crippen LogP contribution in [0.1, 0.15) is 22.8 Å². The molecule has 14 heavy (non-hydrogen) atoms. The Morgan fingerprint density at radius 1 is 1.50 bits per heavy atom. The largest absolute Gasteiger partial charge is 0.494 e. The zero-order valence-corrected chi connectivity index (χ0v) is 9.45. The minimum Gasteiger partial charge on any atom is -0.494 e. The Morgan fingerprint density at radius 3 is 2.57 bits per heavy atom. The highest BCUT2D eigenvalue weighted by Gasteiger charge is 2.14. The highest BCUT2D eigenvalue weighted by molar-refractivity contribution is 6.68. The summed E-state index contributed by atoms with van der Waals surface area (Å²) in [5.41, 5.74) is 1.28. The quantitative estimate of drug-likeness (QED) is 0.748. The molecule has 0 heterocycles. The van der Waals surface area contributed by atoms with Gasteiger partial charge in [0.2, 0.25) is 0 Å². The van der Waals surface area contributed by atoms with E-state index < -0.39 is 5.24 Å². The van der Waals surface area contributed by atoms with Gasteiger partial charge in [0, 0.05) is 0 Å². The average molecular weight is 233 g/mol. The first-order valence-corrected chi connectivity index (χ1v) is 4.92. The highest BCUT2D eigenvalue weighted by Crippen LogP contribution is 2.31. The molecular formula is C10H10Cl2O2. The molecule has 4 heteroatoms. The summed E-state index contributed by atoms with van der Waals surface area (Å²) in [4.78, 5) is 11.1. The summed E-state index contributed by atoms with van der Waals surface area (Å²) in [5, 5.41) is -0.144. The van der Waals surface area contributed by atoms with Crippen LogP contribution in [-0.2, 0) is 6.42 Å². The van der Waals surface area contributed by atoms with E-state index in [9.17, 15) is 4.79 Å². The van der Waals surface area contributed by atoms with Gasteiger partial charge in [-0.2, -0.15) is 0 Å². The van der Waals surface area contributed by atoms with E-state index in [-0.39, 0.29) is 0 Å². The van der Waals surface area contributed by atoms with Gasteiger partial charge in [-0.3, -0.25) is 4.79 Å². The zero-order chi connectivity index (χ0) is 10.7. The number of hydrogen-bond donors (Lipinski definition) is 0. The molecule has 0 saturated carbocycles. The molecule has 0 amide bonds. The summed E-state index contributed by atoms with van der Waals surface area (Å²) in [6.07, 6.45) is 0.793. The number of halogens is 2. The fourth-order valence-electron chi connectivity index (χ4n) is 1.21. The molecule has 0 aliphatic carbocycles. The smallest absolute Gasteiger partial charge is 0.256 e. The third-order valence-electron chi connectivity index (χ3n) is 1.93. The summed E-state index contributed by atoms with van der Waals surface area (Å²) in [6, 6.07) is 3.46. The Bertz CT molecular complexity index is 361. The Morgan fingerprint density at radius 2 is 2.14 bits per heavy atom. The molecule has 1 rings (SSSR count). The lowest BCUT2D eigenvalue weighted by Gasteiger charge is -2.08. The summed E-state index contributed by atoms with van der Waals surface area (Å²) in [5.74, 6) is 0.337. The van der Waals surface area contributed by atoms with Crippen molar-refractivity contribution in [2.45, 2.75) is 13.3 Å². The Labute approximate surface area is 92.8 Å². The SMILES string of the molecule is CCc1cc(Cl)c(OC)c(C(=O)Cl)c1. The maximum Gasteiger partial charge on any atom is 0.256 e. The van der Waals surface area contributed by atoms with Crippen molar-refractivity contribution >= 4 is 28.4 Å². The molecule has 1 aromatic carbocycles. The van der Waals surface area contributed by atoms with E-state index in [1.807, 2.05) is 6.92 Å². The number of aryl methyl sites for hydroxylation is 1. The first-order chi connectivity index (χ1) is 6.60. The van der Waals surface area contributed by atoms with E-state index >= 15 is 0 Å². The van der Waals surface area contributed by atoms with Crippen molar-refractivity contribution in [3.8, 4) is 5.75 Å². The lowest BCUT2D eigenvalue weighted by Crippen LogP contribution is -1.98. The van der Waals surface area contributed by atoms with Crippen LogP contribution in [0.5, 0.6) is 5.75 Å². The first kappa shape index (κ1) is 11.3. The van der Waals surface area contributed by atoms with Gasteiger partial charge in [0.25, 0.3) is 5.24 Å². The molecule has 0 saturated heterocycles. The second-order valence-electron chi connectivity index (χ2n) is 2.79. The van der Waals surface area contributed by atoms with Gasteiger partial charge in [0.05, 0.1) is 17.7 Å². The van der Waals surface area contributed by atoms with E-state index in [4.69, 9.17) is 27.9 Å². The van der Waals surface area contributed by atoms with Crippen molar-refractivity contribution in [3.63, 3.8) is 0 Å². The summed E-state index contributed by atoms with van der Waals surface area (Å²) < 4.78 is 5.00. The van der Waals surface area contributed by atoms with E-state index in [0.29, 0.717) is 16.3 Å². The normalized spacial score (nSPS) is 10.0. The molecule has 0 atom stereocenters. The second-order valence-corrected chi connectivity index (χ2v) is 3.54. The van der Waals surface area contributed by atoms with Crippen LogP contribution >= 0.6 is 23.2 Å². The van der Waals surface area contributed by atoms with Crippen LogP contribution in [0.15, 0.2) is 12.1 Å². The van der Waals surface area contributed by atoms with Gasteiger partial charge in [-0.15, -0.1) is 0 Å². The van der Waals surface area contributed by atoms with Gasteiger partial charge >= 0.3 is 0 Å². The topological polar surface area (TPSA) is 26.3 Å². The summed E-state index contributed by atoms with van der Waals surface area (Å²) in [7, 11) is 1.45. The Balaban J connectivity index is 3.35. The third kappa shape index (κ3) is 2.20. The van der Waals surface area contributed by atoms with E-state index in [1.54, 1.807) is 12.1 Å². The number of rotatable bonds is 3. The number of benzene rings is 1. The maximum atomic E-state index is 11.1. The number of carbonyl (C=O) groups is 1. The fourth-order valence-corrected chi connectivity index (χ4v) is 1.67. The van der Waals surface area contributed by atoms with Crippen LogP contribution in [0.4, 0.5) is 0 Å². The zero-order valence-electron chi connectivity index (χ0n) is 7.93. The lowest BCUT2D eigenvalue weighted by molar-refractivity contribution is 0.107. The molecule has 0 spiro atoms. The Kier molecular flexibility index (Phi) is 3.78. The third-order valence-corrected chi connectivity index (χ3v) is 2.41. The predicted octanol–water partition coefficient (Wildman–Crippen LogP) is 3.29. The van der Waals surface area contributed by atoms with Crippen molar-refractivity contribution in [3.05, 3.63) is 28.3 Å². The molecule has 0 bridgehead atoms.